The van der Waals surface area contributed by atoms with E-state index in [1.165, 1.54) is 0 Å². The summed E-state index contributed by atoms with van der Waals surface area (Å²) in [6.45, 7) is 8.57. The highest BCUT2D eigenvalue weighted by atomic mass is 16.5. The number of likely N-dealkylation sites (tertiary alicyclic amines) is 1. The minimum atomic E-state index is -0.260. The monoisotopic (exact) mass is 318 g/mol. The molecule has 3 atom stereocenters. The number of nitrogens with zero attached hydrogens (tertiary/aromatic N) is 1. The van der Waals surface area contributed by atoms with Crippen LogP contribution in [0.25, 0.3) is 0 Å². The first-order valence-corrected chi connectivity index (χ1v) is 8.70. The van der Waals surface area contributed by atoms with Crippen LogP contribution in [0.2, 0.25) is 0 Å². The molecule has 0 saturated carbocycles. The Morgan fingerprint density at radius 2 is 2.00 bits per heavy atom. The molecule has 128 valence electrons. The van der Waals surface area contributed by atoms with Gasteiger partial charge < -0.3 is 15.4 Å². The van der Waals surface area contributed by atoms with Crippen LogP contribution in [0.15, 0.2) is 30.3 Å². The second-order valence-electron chi connectivity index (χ2n) is 6.97. The Balaban J connectivity index is 1.84. The van der Waals surface area contributed by atoms with Crippen molar-refractivity contribution in [2.45, 2.75) is 45.8 Å². The van der Waals surface area contributed by atoms with Gasteiger partial charge in [0.2, 0.25) is 5.91 Å². The molecular weight excluding hydrogens is 288 g/mol. The molecule has 3 unspecified atom stereocenters. The topological polar surface area (TPSA) is 55.6 Å². The summed E-state index contributed by atoms with van der Waals surface area (Å²) in [4.78, 5) is 14.6. The highest BCUT2D eigenvalue weighted by Crippen LogP contribution is 2.23. The highest BCUT2D eigenvalue weighted by molar-refractivity contribution is 5.79. The predicted molar refractivity (Wildman–Crippen MR) is 92.9 cm³/mol. The standard InChI is InChI=1S/C19H30N2O2/c1-14(2)10-12-23-17-9-11-21(13-17)19(22)15(3)18(20)16-7-5-4-6-8-16/h4-8,14-15,17-18H,9-13,20H2,1-3H3. The molecule has 4 nitrogen and oxygen atoms in total. The number of rotatable bonds is 7. The molecule has 1 heterocycles. The molecular formula is C19H30N2O2. The third kappa shape index (κ3) is 5.05. The molecule has 1 saturated heterocycles. The van der Waals surface area contributed by atoms with Gasteiger partial charge in [0.25, 0.3) is 0 Å². The molecule has 0 aliphatic carbocycles. The fourth-order valence-electron chi connectivity index (χ4n) is 2.94. The number of nitrogens with two attached hydrogens (primary N) is 1. The molecule has 0 aromatic heterocycles. The summed E-state index contributed by atoms with van der Waals surface area (Å²) < 4.78 is 5.89. The smallest absolute Gasteiger partial charge is 0.227 e. The number of hydrogen-bond donors (Lipinski definition) is 1. The van der Waals surface area contributed by atoms with Gasteiger partial charge in [0, 0.05) is 25.7 Å². The molecule has 0 spiro atoms. The van der Waals surface area contributed by atoms with E-state index >= 15 is 0 Å². The molecule has 1 aromatic carbocycles. The van der Waals surface area contributed by atoms with E-state index in [0.29, 0.717) is 12.5 Å². The Morgan fingerprint density at radius 1 is 1.30 bits per heavy atom. The Bertz CT molecular complexity index is 489. The number of carbonyl (C=O) groups is 1. The van der Waals surface area contributed by atoms with Gasteiger partial charge in [-0.2, -0.15) is 0 Å². The van der Waals surface area contributed by atoms with Crippen molar-refractivity contribution < 1.29 is 9.53 Å². The third-order valence-corrected chi connectivity index (χ3v) is 4.62. The summed E-state index contributed by atoms with van der Waals surface area (Å²) in [5, 5.41) is 0. The first kappa shape index (κ1) is 18.0. The van der Waals surface area contributed by atoms with Crippen molar-refractivity contribution in [2.24, 2.45) is 17.6 Å². The molecule has 1 aliphatic rings. The predicted octanol–water partition coefficient (Wildman–Crippen LogP) is 2.99. The van der Waals surface area contributed by atoms with E-state index in [1.807, 2.05) is 42.2 Å². The second kappa shape index (κ2) is 8.46. The van der Waals surface area contributed by atoms with Gasteiger partial charge in [-0.25, -0.2) is 0 Å². The molecule has 0 radical (unpaired) electrons. The van der Waals surface area contributed by atoms with Crippen molar-refractivity contribution >= 4 is 5.91 Å². The summed E-state index contributed by atoms with van der Waals surface area (Å²) in [6.07, 6.45) is 2.18. The van der Waals surface area contributed by atoms with E-state index in [-0.39, 0.29) is 24.0 Å². The van der Waals surface area contributed by atoms with Crippen molar-refractivity contribution in [3.05, 3.63) is 35.9 Å². The lowest BCUT2D eigenvalue weighted by atomic mass is 9.94. The summed E-state index contributed by atoms with van der Waals surface area (Å²) in [6, 6.07) is 9.58. The van der Waals surface area contributed by atoms with Crippen LogP contribution < -0.4 is 5.73 Å². The minimum Gasteiger partial charge on any atom is -0.376 e. The largest absolute Gasteiger partial charge is 0.376 e. The van der Waals surface area contributed by atoms with Crippen molar-refractivity contribution in [3.63, 3.8) is 0 Å². The van der Waals surface area contributed by atoms with Crippen LogP contribution in [-0.2, 0) is 9.53 Å². The van der Waals surface area contributed by atoms with Gasteiger partial charge in [0.15, 0.2) is 0 Å². The average molecular weight is 318 g/mol. The van der Waals surface area contributed by atoms with Crippen molar-refractivity contribution in [1.29, 1.82) is 0 Å². The first-order chi connectivity index (χ1) is 11.0. The van der Waals surface area contributed by atoms with E-state index in [2.05, 4.69) is 13.8 Å². The zero-order valence-corrected chi connectivity index (χ0v) is 14.6. The van der Waals surface area contributed by atoms with E-state index < -0.39 is 0 Å². The Labute approximate surface area is 140 Å². The Hall–Kier alpha value is -1.39. The van der Waals surface area contributed by atoms with Gasteiger partial charge >= 0.3 is 0 Å². The third-order valence-electron chi connectivity index (χ3n) is 4.62. The van der Waals surface area contributed by atoms with Crippen molar-refractivity contribution in [2.75, 3.05) is 19.7 Å². The fourth-order valence-corrected chi connectivity index (χ4v) is 2.94. The number of amides is 1. The van der Waals surface area contributed by atoms with Crippen LogP contribution in [0.3, 0.4) is 0 Å². The summed E-state index contributed by atoms with van der Waals surface area (Å²) in [7, 11) is 0. The molecule has 2 rings (SSSR count). The van der Waals surface area contributed by atoms with Crippen LogP contribution >= 0.6 is 0 Å². The maximum absolute atomic E-state index is 12.7. The van der Waals surface area contributed by atoms with Gasteiger partial charge in [-0.15, -0.1) is 0 Å². The van der Waals surface area contributed by atoms with Crippen molar-refractivity contribution in [3.8, 4) is 0 Å². The number of carbonyl (C=O) groups excluding carboxylic acids is 1. The van der Waals surface area contributed by atoms with Gasteiger partial charge in [-0.1, -0.05) is 51.1 Å². The normalized spacial score (nSPS) is 20.7. The van der Waals surface area contributed by atoms with Gasteiger partial charge in [0.05, 0.1) is 12.0 Å². The van der Waals surface area contributed by atoms with Gasteiger partial charge in [0.1, 0.15) is 0 Å². The average Bonchev–Trinajstić information content (AvgIpc) is 3.02. The van der Waals surface area contributed by atoms with Crippen molar-refractivity contribution in [1.82, 2.24) is 4.90 Å². The second-order valence-corrected chi connectivity index (χ2v) is 6.97. The Morgan fingerprint density at radius 3 is 2.65 bits per heavy atom. The summed E-state index contributed by atoms with van der Waals surface area (Å²) in [5.74, 6) is 0.571. The minimum absolute atomic E-state index is 0.135. The molecule has 23 heavy (non-hydrogen) atoms. The van der Waals surface area contributed by atoms with E-state index in [1.54, 1.807) is 0 Å². The quantitative estimate of drug-likeness (QED) is 0.841. The molecule has 4 heteroatoms. The molecule has 1 fully saturated rings. The summed E-state index contributed by atoms with van der Waals surface area (Å²) in [5.41, 5.74) is 7.29. The lowest BCUT2D eigenvalue weighted by Crippen LogP contribution is -2.38. The maximum Gasteiger partial charge on any atom is 0.227 e. The number of hydrogen-bond acceptors (Lipinski definition) is 3. The number of benzene rings is 1. The van der Waals surface area contributed by atoms with Crippen LogP contribution in [0.1, 0.15) is 45.2 Å². The highest BCUT2D eigenvalue weighted by Gasteiger charge is 2.32. The fraction of sp³-hybridized carbons (Fsp3) is 0.632. The SMILES string of the molecule is CC(C)CCOC1CCN(C(=O)C(C)C(N)c2ccccc2)C1. The van der Waals surface area contributed by atoms with Gasteiger partial charge in [-0.05, 0) is 24.3 Å². The lowest BCUT2D eigenvalue weighted by molar-refractivity contribution is -0.135. The molecule has 1 amide bonds. The summed E-state index contributed by atoms with van der Waals surface area (Å²) >= 11 is 0. The van der Waals surface area contributed by atoms with E-state index in [4.69, 9.17) is 10.5 Å². The maximum atomic E-state index is 12.7. The van der Waals surface area contributed by atoms with E-state index in [9.17, 15) is 4.79 Å². The van der Waals surface area contributed by atoms with Gasteiger partial charge in [-0.3, -0.25) is 4.79 Å². The molecule has 1 aromatic rings. The zero-order valence-electron chi connectivity index (χ0n) is 14.6. The van der Waals surface area contributed by atoms with Crippen LogP contribution in [-0.4, -0.2) is 36.6 Å². The zero-order chi connectivity index (χ0) is 16.8. The lowest BCUT2D eigenvalue weighted by Gasteiger charge is -2.25. The first-order valence-electron chi connectivity index (χ1n) is 8.70. The van der Waals surface area contributed by atoms with Crippen LogP contribution in [0.4, 0.5) is 0 Å². The van der Waals surface area contributed by atoms with E-state index in [0.717, 1.165) is 31.6 Å². The van der Waals surface area contributed by atoms with Crippen LogP contribution in [0, 0.1) is 11.8 Å². The number of ether oxygens (including phenoxy) is 1. The Kier molecular flexibility index (Phi) is 6.60. The molecule has 1 aliphatic heterocycles. The molecule has 0 bridgehead atoms. The molecule has 2 N–H and O–H groups in total. The van der Waals surface area contributed by atoms with Crippen LogP contribution in [0.5, 0.6) is 0 Å².